The van der Waals surface area contributed by atoms with E-state index < -0.39 is 0 Å². The van der Waals surface area contributed by atoms with Crippen molar-refractivity contribution in [2.75, 3.05) is 52.4 Å². The Bertz CT molecular complexity index is 710. The zero-order chi connectivity index (χ0) is 21.5. The van der Waals surface area contributed by atoms with Gasteiger partial charge in [-0.2, -0.15) is 4.98 Å². The van der Waals surface area contributed by atoms with Gasteiger partial charge in [-0.1, -0.05) is 19.0 Å². The monoisotopic (exact) mass is 547 g/mol. The summed E-state index contributed by atoms with van der Waals surface area (Å²) in [4.78, 5) is 28.5. The smallest absolute Gasteiger partial charge is 0.239 e. The van der Waals surface area contributed by atoms with E-state index >= 15 is 0 Å². The van der Waals surface area contributed by atoms with Gasteiger partial charge in [0.2, 0.25) is 11.8 Å². The quantitative estimate of drug-likeness (QED) is 0.317. The number of carbonyl (C=O) groups is 1. The highest BCUT2D eigenvalue weighted by Crippen LogP contribution is 2.14. The molecular weight excluding hydrogens is 509 g/mol. The molecule has 2 aliphatic rings. The number of nitrogens with zero attached hydrogens (tertiary/aromatic N) is 6. The molecule has 176 valence electrons. The zero-order valence-electron chi connectivity index (χ0n) is 19.3. The summed E-state index contributed by atoms with van der Waals surface area (Å²) < 4.78 is 5.31. The summed E-state index contributed by atoms with van der Waals surface area (Å²) in [6, 6.07) is -0.0440. The van der Waals surface area contributed by atoms with Gasteiger partial charge in [-0.15, -0.1) is 24.0 Å². The largest absolute Gasteiger partial charge is 0.357 e. The van der Waals surface area contributed by atoms with Crippen molar-refractivity contribution in [3.05, 3.63) is 11.7 Å². The van der Waals surface area contributed by atoms with E-state index in [1.54, 1.807) is 0 Å². The maximum atomic E-state index is 12.7. The minimum atomic E-state index is -0.0440. The predicted molar refractivity (Wildman–Crippen MR) is 132 cm³/mol. The van der Waals surface area contributed by atoms with Crippen LogP contribution in [0.2, 0.25) is 0 Å². The van der Waals surface area contributed by atoms with Crippen molar-refractivity contribution in [3.8, 4) is 0 Å². The summed E-state index contributed by atoms with van der Waals surface area (Å²) in [5.41, 5.74) is 0. The predicted octanol–water partition coefficient (Wildman–Crippen LogP) is 1.95. The second kappa shape index (κ2) is 12.6. The molecule has 3 heterocycles. The van der Waals surface area contributed by atoms with E-state index in [1.807, 2.05) is 11.8 Å². The van der Waals surface area contributed by atoms with Crippen LogP contribution in [0.3, 0.4) is 0 Å². The zero-order valence-corrected chi connectivity index (χ0v) is 21.7. The van der Waals surface area contributed by atoms with Crippen LogP contribution in [0.15, 0.2) is 9.52 Å². The molecule has 0 aromatic carbocycles. The van der Waals surface area contributed by atoms with Crippen molar-refractivity contribution in [2.24, 2.45) is 4.99 Å². The lowest BCUT2D eigenvalue weighted by molar-refractivity contribution is -0.135. The van der Waals surface area contributed by atoms with Crippen LogP contribution in [0.5, 0.6) is 0 Å². The summed E-state index contributed by atoms with van der Waals surface area (Å²) in [6.07, 6.45) is 2.91. The normalized spacial score (nSPS) is 18.9. The number of rotatable bonds is 7. The lowest BCUT2D eigenvalue weighted by Gasteiger charge is -2.39. The molecule has 1 atom stereocenters. The fourth-order valence-electron chi connectivity index (χ4n) is 3.97. The number of aromatic nitrogens is 2. The number of amides is 1. The Morgan fingerprint density at radius 2 is 1.77 bits per heavy atom. The summed E-state index contributed by atoms with van der Waals surface area (Å²) in [5.74, 6) is 2.84. The van der Waals surface area contributed by atoms with Gasteiger partial charge in [0.1, 0.15) is 0 Å². The molecule has 1 amide bonds. The Balaban J connectivity index is 0.00000341. The fraction of sp³-hybridized carbons (Fsp3) is 0.810. The molecule has 0 bridgehead atoms. The second-order valence-electron chi connectivity index (χ2n) is 8.42. The van der Waals surface area contributed by atoms with E-state index in [2.05, 4.69) is 46.0 Å². The molecule has 2 saturated heterocycles. The number of nitrogens with one attached hydrogen (secondary N) is 1. The van der Waals surface area contributed by atoms with Crippen molar-refractivity contribution in [3.63, 3.8) is 0 Å². The van der Waals surface area contributed by atoms with Gasteiger partial charge in [0.25, 0.3) is 0 Å². The van der Waals surface area contributed by atoms with Gasteiger partial charge in [-0.05, 0) is 26.7 Å². The number of piperazine rings is 1. The summed E-state index contributed by atoms with van der Waals surface area (Å²) >= 11 is 0. The second-order valence-corrected chi connectivity index (χ2v) is 8.42. The first-order chi connectivity index (χ1) is 14.5. The average molecular weight is 547 g/mol. The van der Waals surface area contributed by atoms with Crippen LogP contribution in [0.1, 0.15) is 58.2 Å². The van der Waals surface area contributed by atoms with Crippen LogP contribution in [0.4, 0.5) is 0 Å². The molecule has 0 saturated carbocycles. The van der Waals surface area contributed by atoms with Crippen LogP contribution in [0.25, 0.3) is 0 Å². The molecular formula is C21H38IN7O2. The molecule has 1 aromatic rings. The average Bonchev–Trinajstić information content (AvgIpc) is 3.44. The first kappa shape index (κ1) is 25.8. The topological polar surface area (TPSA) is 90.1 Å². The van der Waals surface area contributed by atoms with Crippen LogP contribution in [-0.4, -0.2) is 95.1 Å². The molecule has 9 nitrogen and oxygen atoms in total. The maximum absolute atomic E-state index is 12.7. The van der Waals surface area contributed by atoms with Crippen LogP contribution >= 0.6 is 24.0 Å². The Morgan fingerprint density at radius 3 is 2.35 bits per heavy atom. The standard InChI is InChI=1S/C21H37N7O2.HI/c1-5-22-21(23-9-8-18-24-19(16(2)3)25-30-18)28-14-12-26(13-15-28)17(4)20(29)27-10-6-7-11-27;/h16-17H,5-15H2,1-4H3,(H,22,23);1H. The van der Waals surface area contributed by atoms with Crippen molar-refractivity contribution >= 4 is 35.8 Å². The van der Waals surface area contributed by atoms with E-state index in [0.717, 1.165) is 70.4 Å². The lowest BCUT2D eigenvalue weighted by Crippen LogP contribution is -2.57. The Labute approximate surface area is 203 Å². The number of halogens is 1. The van der Waals surface area contributed by atoms with Crippen molar-refractivity contribution in [2.45, 2.75) is 58.9 Å². The first-order valence-electron chi connectivity index (χ1n) is 11.4. The van der Waals surface area contributed by atoms with Gasteiger partial charge >= 0.3 is 0 Å². The van der Waals surface area contributed by atoms with Gasteiger partial charge in [0, 0.05) is 58.2 Å². The molecule has 0 aliphatic carbocycles. The van der Waals surface area contributed by atoms with Gasteiger partial charge in [-0.25, -0.2) is 0 Å². The molecule has 2 aliphatic heterocycles. The van der Waals surface area contributed by atoms with Crippen LogP contribution in [-0.2, 0) is 11.2 Å². The Morgan fingerprint density at radius 1 is 1.10 bits per heavy atom. The van der Waals surface area contributed by atoms with E-state index in [1.165, 1.54) is 0 Å². The summed E-state index contributed by atoms with van der Waals surface area (Å²) in [5, 5.41) is 7.40. The summed E-state index contributed by atoms with van der Waals surface area (Å²) in [7, 11) is 0. The number of carbonyl (C=O) groups excluding carboxylic acids is 1. The molecule has 1 aromatic heterocycles. The maximum Gasteiger partial charge on any atom is 0.239 e. The lowest BCUT2D eigenvalue weighted by atomic mass is 10.2. The van der Waals surface area contributed by atoms with Crippen LogP contribution < -0.4 is 5.32 Å². The molecule has 10 heteroatoms. The molecule has 1 unspecified atom stereocenters. The molecule has 0 spiro atoms. The molecule has 3 rings (SSSR count). The number of hydrogen-bond acceptors (Lipinski definition) is 6. The van der Waals surface area contributed by atoms with Gasteiger partial charge in [0.05, 0.1) is 12.6 Å². The van der Waals surface area contributed by atoms with Crippen LogP contribution in [0, 0.1) is 0 Å². The molecule has 0 radical (unpaired) electrons. The highest BCUT2D eigenvalue weighted by atomic mass is 127. The third kappa shape index (κ3) is 7.03. The minimum absolute atomic E-state index is 0. The third-order valence-electron chi connectivity index (χ3n) is 5.86. The Hall–Kier alpha value is -1.43. The highest BCUT2D eigenvalue weighted by molar-refractivity contribution is 14.0. The van der Waals surface area contributed by atoms with Crippen molar-refractivity contribution < 1.29 is 9.32 Å². The minimum Gasteiger partial charge on any atom is -0.357 e. The third-order valence-corrected chi connectivity index (χ3v) is 5.86. The fourth-order valence-corrected chi connectivity index (χ4v) is 3.97. The van der Waals surface area contributed by atoms with E-state index in [4.69, 9.17) is 9.52 Å². The van der Waals surface area contributed by atoms with E-state index in [-0.39, 0.29) is 41.8 Å². The summed E-state index contributed by atoms with van der Waals surface area (Å²) in [6.45, 7) is 14.9. The first-order valence-corrected chi connectivity index (χ1v) is 11.4. The van der Waals surface area contributed by atoms with Gasteiger partial charge < -0.3 is 19.6 Å². The van der Waals surface area contributed by atoms with Crippen molar-refractivity contribution in [1.29, 1.82) is 0 Å². The number of aliphatic imine (C=N–C) groups is 1. The number of guanidine groups is 1. The van der Waals surface area contributed by atoms with E-state index in [0.29, 0.717) is 18.9 Å². The van der Waals surface area contributed by atoms with Gasteiger partial charge in [-0.3, -0.25) is 14.7 Å². The Kier molecular flexibility index (Phi) is 10.5. The van der Waals surface area contributed by atoms with E-state index in [9.17, 15) is 4.79 Å². The molecule has 31 heavy (non-hydrogen) atoms. The van der Waals surface area contributed by atoms with Crippen molar-refractivity contribution in [1.82, 2.24) is 30.2 Å². The molecule has 2 fully saturated rings. The highest BCUT2D eigenvalue weighted by Gasteiger charge is 2.30. The number of hydrogen-bond donors (Lipinski definition) is 1. The van der Waals surface area contributed by atoms with Gasteiger partial charge in [0.15, 0.2) is 11.8 Å². The SMILES string of the molecule is CCNC(=NCCc1nc(C(C)C)no1)N1CCN(C(C)C(=O)N2CCCC2)CC1.I. The molecule has 1 N–H and O–H groups in total. The number of likely N-dealkylation sites (tertiary alicyclic amines) is 1.